The number of anilines is 1. The molecule has 0 spiro atoms. The van der Waals surface area contributed by atoms with Gasteiger partial charge in [0.15, 0.2) is 0 Å². The van der Waals surface area contributed by atoms with Crippen LogP contribution < -0.4 is 9.04 Å². The Hall–Kier alpha value is -1.76. The van der Waals surface area contributed by atoms with Crippen molar-refractivity contribution in [1.29, 1.82) is 0 Å². The van der Waals surface area contributed by atoms with Gasteiger partial charge in [-0.2, -0.15) is 0 Å². The minimum atomic E-state index is -3.50. The van der Waals surface area contributed by atoms with E-state index in [9.17, 15) is 13.2 Å². The number of rotatable bonds is 7. The number of carbonyl (C=O) groups is 1. The first-order valence-electron chi connectivity index (χ1n) is 7.90. The zero-order valence-corrected chi connectivity index (χ0v) is 14.5. The minimum absolute atomic E-state index is 0.00467. The van der Waals surface area contributed by atoms with Crippen LogP contribution in [0.2, 0.25) is 0 Å². The van der Waals surface area contributed by atoms with Crippen LogP contribution in [-0.2, 0) is 14.8 Å². The molecule has 7 heteroatoms. The fourth-order valence-electron chi connectivity index (χ4n) is 2.73. The van der Waals surface area contributed by atoms with Crippen LogP contribution in [0, 0.1) is 0 Å². The summed E-state index contributed by atoms with van der Waals surface area (Å²) >= 11 is 0. The van der Waals surface area contributed by atoms with E-state index in [2.05, 4.69) is 0 Å². The second-order valence-corrected chi connectivity index (χ2v) is 7.48. The Morgan fingerprint density at radius 2 is 1.91 bits per heavy atom. The SMILES string of the molecule is CCOc1ccccc1N(CCC(=O)N1CCCC1)S(C)(=O)=O. The van der Waals surface area contributed by atoms with E-state index in [4.69, 9.17) is 4.74 Å². The number of amides is 1. The molecule has 1 aromatic carbocycles. The maximum absolute atomic E-state index is 12.2. The van der Waals surface area contributed by atoms with Crippen LogP contribution in [0.15, 0.2) is 24.3 Å². The standard InChI is InChI=1S/C16H24N2O4S/c1-3-22-15-9-5-4-8-14(15)18(23(2,20)21)13-10-16(19)17-11-6-7-12-17/h4-5,8-9H,3,6-7,10-13H2,1-2H3. The summed E-state index contributed by atoms with van der Waals surface area (Å²) in [5.74, 6) is 0.513. The molecule has 1 fully saturated rings. The number of para-hydroxylation sites is 2. The van der Waals surface area contributed by atoms with E-state index in [0.29, 0.717) is 18.0 Å². The molecule has 23 heavy (non-hydrogen) atoms. The van der Waals surface area contributed by atoms with Crippen molar-refractivity contribution in [2.45, 2.75) is 26.2 Å². The number of nitrogens with zero attached hydrogens (tertiary/aromatic N) is 2. The van der Waals surface area contributed by atoms with Crippen molar-refractivity contribution in [1.82, 2.24) is 4.90 Å². The highest BCUT2D eigenvalue weighted by Crippen LogP contribution is 2.30. The maximum atomic E-state index is 12.2. The van der Waals surface area contributed by atoms with Crippen LogP contribution in [0.1, 0.15) is 26.2 Å². The lowest BCUT2D eigenvalue weighted by Crippen LogP contribution is -2.36. The molecule has 0 aromatic heterocycles. The first-order chi connectivity index (χ1) is 10.9. The highest BCUT2D eigenvalue weighted by molar-refractivity contribution is 7.92. The van der Waals surface area contributed by atoms with E-state index < -0.39 is 10.0 Å². The van der Waals surface area contributed by atoms with E-state index >= 15 is 0 Å². The normalized spacial score (nSPS) is 14.8. The van der Waals surface area contributed by atoms with Gasteiger partial charge in [-0.15, -0.1) is 0 Å². The Morgan fingerprint density at radius 3 is 2.52 bits per heavy atom. The molecule has 0 unspecified atom stereocenters. The summed E-state index contributed by atoms with van der Waals surface area (Å²) in [6.45, 7) is 3.96. The third kappa shape index (κ3) is 4.60. The number of likely N-dealkylation sites (tertiary alicyclic amines) is 1. The summed E-state index contributed by atoms with van der Waals surface area (Å²) < 4.78 is 31.1. The molecule has 0 radical (unpaired) electrons. The van der Waals surface area contributed by atoms with Gasteiger partial charge in [-0.1, -0.05) is 12.1 Å². The van der Waals surface area contributed by atoms with Gasteiger partial charge in [0.05, 0.1) is 18.6 Å². The molecule has 1 heterocycles. The largest absolute Gasteiger partial charge is 0.492 e. The predicted octanol–water partition coefficient (Wildman–Crippen LogP) is 1.86. The highest BCUT2D eigenvalue weighted by Gasteiger charge is 2.24. The lowest BCUT2D eigenvalue weighted by molar-refractivity contribution is -0.129. The molecule has 1 saturated heterocycles. The zero-order valence-electron chi connectivity index (χ0n) is 13.7. The Kier molecular flexibility index (Phi) is 5.87. The number of hydrogen-bond acceptors (Lipinski definition) is 4. The monoisotopic (exact) mass is 340 g/mol. The second kappa shape index (κ2) is 7.68. The molecule has 1 amide bonds. The van der Waals surface area contributed by atoms with Crippen molar-refractivity contribution in [3.05, 3.63) is 24.3 Å². The van der Waals surface area contributed by atoms with Crippen molar-refractivity contribution in [3.8, 4) is 5.75 Å². The van der Waals surface area contributed by atoms with Gasteiger partial charge in [0.1, 0.15) is 5.75 Å². The first-order valence-corrected chi connectivity index (χ1v) is 9.75. The van der Waals surface area contributed by atoms with Crippen LogP contribution >= 0.6 is 0 Å². The molecule has 0 bridgehead atoms. The molecule has 0 saturated carbocycles. The van der Waals surface area contributed by atoms with Gasteiger partial charge in [0.25, 0.3) is 0 Å². The predicted molar refractivity (Wildman–Crippen MR) is 90.2 cm³/mol. The summed E-state index contributed by atoms with van der Waals surface area (Å²) in [6.07, 6.45) is 3.37. The zero-order chi connectivity index (χ0) is 16.9. The maximum Gasteiger partial charge on any atom is 0.232 e. The minimum Gasteiger partial charge on any atom is -0.492 e. The lowest BCUT2D eigenvalue weighted by atomic mass is 10.2. The van der Waals surface area contributed by atoms with Crippen molar-refractivity contribution in [2.75, 3.05) is 36.8 Å². The molecule has 1 aliphatic rings. The van der Waals surface area contributed by atoms with Crippen LogP contribution in [0.3, 0.4) is 0 Å². The van der Waals surface area contributed by atoms with Gasteiger partial charge in [-0.05, 0) is 31.9 Å². The van der Waals surface area contributed by atoms with Gasteiger partial charge >= 0.3 is 0 Å². The number of carbonyl (C=O) groups excluding carboxylic acids is 1. The van der Waals surface area contributed by atoms with Crippen molar-refractivity contribution < 1.29 is 17.9 Å². The Bertz CT molecular complexity index is 639. The Labute approximate surface area is 138 Å². The number of benzene rings is 1. The van der Waals surface area contributed by atoms with Crippen molar-refractivity contribution in [2.24, 2.45) is 0 Å². The smallest absolute Gasteiger partial charge is 0.232 e. The van der Waals surface area contributed by atoms with E-state index in [1.54, 1.807) is 29.2 Å². The molecule has 1 aromatic rings. The summed E-state index contributed by atoms with van der Waals surface area (Å²) in [5, 5.41) is 0. The molecule has 128 valence electrons. The fourth-order valence-corrected chi connectivity index (χ4v) is 3.66. The third-order valence-corrected chi connectivity index (χ3v) is 5.00. The average Bonchev–Trinajstić information content (AvgIpc) is 3.02. The van der Waals surface area contributed by atoms with Crippen LogP contribution in [0.4, 0.5) is 5.69 Å². The van der Waals surface area contributed by atoms with Gasteiger partial charge in [-0.3, -0.25) is 9.10 Å². The van der Waals surface area contributed by atoms with E-state index in [1.165, 1.54) is 4.31 Å². The topological polar surface area (TPSA) is 66.9 Å². The van der Waals surface area contributed by atoms with E-state index in [-0.39, 0.29) is 18.9 Å². The first kappa shape index (κ1) is 17.6. The summed E-state index contributed by atoms with van der Waals surface area (Å²) in [7, 11) is -3.50. The summed E-state index contributed by atoms with van der Waals surface area (Å²) in [4.78, 5) is 14.0. The van der Waals surface area contributed by atoms with E-state index in [0.717, 1.165) is 32.2 Å². The molecule has 2 rings (SSSR count). The van der Waals surface area contributed by atoms with Gasteiger partial charge in [0.2, 0.25) is 15.9 Å². The summed E-state index contributed by atoms with van der Waals surface area (Å²) in [5.41, 5.74) is 0.478. The number of hydrogen-bond donors (Lipinski definition) is 0. The van der Waals surface area contributed by atoms with Crippen LogP contribution in [-0.4, -0.2) is 51.7 Å². The van der Waals surface area contributed by atoms with Crippen LogP contribution in [0.5, 0.6) is 5.75 Å². The van der Waals surface area contributed by atoms with Crippen molar-refractivity contribution in [3.63, 3.8) is 0 Å². The molecule has 0 aliphatic carbocycles. The summed E-state index contributed by atoms with van der Waals surface area (Å²) in [6, 6.07) is 6.99. The van der Waals surface area contributed by atoms with Crippen molar-refractivity contribution >= 4 is 21.6 Å². The molecular weight excluding hydrogens is 316 g/mol. The van der Waals surface area contributed by atoms with Gasteiger partial charge in [-0.25, -0.2) is 8.42 Å². The lowest BCUT2D eigenvalue weighted by Gasteiger charge is -2.25. The molecule has 1 aliphatic heterocycles. The molecule has 0 N–H and O–H groups in total. The van der Waals surface area contributed by atoms with Crippen LogP contribution in [0.25, 0.3) is 0 Å². The average molecular weight is 340 g/mol. The number of ether oxygens (including phenoxy) is 1. The molecule has 0 atom stereocenters. The van der Waals surface area contributed by atoms with Gasteiger partial charge in [0, 0.05) is 26.1 Å². The highest BCUT2D eigenvalue weighted by atomic mass is 32.2. The second-order valence-electron chi connectivity index (χ2n) is 5.57. The van der Waals surface area contributed by atoms with Gasteiger partial charge < -0.3 is 9.64 Å². The van der Waals surface area contributed by atoms with E-state index in [1.807, 2.05) is 6.92 Å². The molecule has 6 nitrogen and oxygen atoms in total. The Balaban J connectivity index is 2.16. The number of sulfonamides is 1. The molecular formula is C16H24N2O4S. The quantitative estimate of drug-likeness (QED) is 0.760. The fraction of sp³-hybridized carbons (Fsp3) is 0.562. The third-order valence-electron chi connectivity index (χ3n) is 3.82. The Morgan fingerprint density at radius 1 is 1.26 bits per heavy atom.